The molecular formula is C47H29BF24N2O. The van der Waals surface area contributed by atoms with E-state index >= 15 is 0 Å². The van der Waals surface area contributed by atoms with Crippen molar-refractivity contribution < 1.29 is 115 Å². The van der Waals surface area contributed by atoms with Crippen LogP contribution in [0.1, 0.15) is 73.9 Å². The lowest BCUT2D eigenvalue weighted by Crippen LogP contribution is -2.75. The average molecular weight is 1100 g/mol. The SMILES string of the molecule is CCCc1cncc[n+]1CC(=O)c1ccccc1.FC(F)(F)c1cc([B-](c2cc(C(F)(F)F)cc(C(F)(F)F)c2)(c2cc(C(F)(F)F)cc(C(F)(F)F)c2)c2cc(C(F)(F)F)cc(C(F)(F)F)c2)cc(C(F)(F)F)c1. The molecular weight excluding hydrogens is 1080 g/mol. The van der Waals surface area contributed by atoms with Crippen LogP contribution in [0.15, 0.2) is 122 Å². The highest BCUT2D eigenvalue weighted by molar-refractivity contribution is 7.20. The van der Waals surface area contributed by atoms with Gasteiger partial charge in [0.05, 0.1) is 56.9 Å². The molecule has 6 rings (SSSR count). The van der Waals surface area contributed by atoms with Crippen molar-refractivity contribution >= 4 is 33.8 Å². The van der Waals surface area contributed by atoms with Gasteiger partial charge >= 0.3 is 49.4 Å². The first-order valence-electron chi connectivity index (χ1n) is 20.8. The van der Waals surface area contributed by atoms with Crippen molar-refractivity contribution in [3.05, 3.63) is 177 Å². The number of hydrogen-bond donors (Lipinski definition) is 0. The van der Waals surface area contributed by atoms with Crippen molar-refractivity contribution in [3.63, 3.8) is 0 Å². The van der Waals surface area contributed by atoms with Crippen molar-refractivity contribution in [1.29, 1.82) is 0 Å². The second kappa shape index (κ2) is 20.7. The second-order valence-electron chi connectivity index (χ2n) is 16.5. The molecule has 0 N–H and O–H groups in total. The second-order valence-corrected chi connectivity index (χ2v) is 16.5. The van der Waals surface area contributed by atoms with Crippen LogP contribution in [-0.4, -0.2) is 16.9 Å². The third-order valence-electron chi connectivity index (χ3n) is 11.3. The zero-order chi connectivity index (χ0) is 56.7. The summed E-state index contributed by atoms with van der Waals surface area (Å²) in [5.41, 5.74) is -28.3. The Morgan fingerprint density at radius 2 is 0.693 bits per heavy atom. The number of Topliss-reactive ketones (excluding diaryl/α,β-unsaturated/α-hetero) is 1. The van der Waals surface area contributed by atoms with E-state index in [1.54, 1.807) is 6.20 Å². The molecule has 0 saturated carbocycles. The fourth-order valence-electron chi connectivity index (χ4n) is 7.98. The van der Waals surface area contributed by atoms with E-state index in [2.05, 4.69) is 11.9 Å². The first kappa shape index (κ1) is 59.1. The number of ketones is 1. The number of alkyl halides is 24. The molecule has 0 aliphatic heterocycles. The lowest BCUT2D eigenvalue weighted by molar-refractivity contribution is -0.691. The Hall–Kier alpha value is -6.77. The maximum absolute atomic E-state index is 14.2. The van der Waals surface area contributed by atoms with Crippen LogP contribution in [0.5, 0.6) is 0 Å². The zero-order valence-electron chi connectivity index (χ0n) is 37.1. The Balaban J connectivity index is 0.000000483. The summed E-state index contributed by atoms with van der Waals surface area (Å²) in [6.07, 6.45) is -47.4. The summed E-state index contributed by atoms with van der Waals surface area (Å²) in [7, 11) is 0. The van der Waals surface area contributed by atoms with E-state index in [-0.39, 0.29) is 5.78 Å². The van der Waals surface area contributed by atoms with Crippen LogP contribution in [0.2, 0.25) is 0 Å². The number of aromatic nitrogens is 2. The highest BCUT2D eigenvalue weighted by atomic mass is 19.4. The van der Waals surface area contributed by atoms with E-state index in [9.17, 15) is 110 Å². The quantitative estimate of drug-likeness (QED) is 0.0626. The minimum Gasteiger partial charge on any atom is -0.287 e. The Bertz CT molecular complexity index is 2560. The van der Waals surface area contributed by atoms with E-state index in [4.69, 9.17) is 0 Å². The van der Waals surface area contributed by atoms with Gasteiger partial charge in [0.15, 0.2) is 11.9 Å². The molecule has 1 aromatic heterocycles. The van der Waals surface area contributed by atoms with Crippen LogP contribution in [0.25, 0.3) is 0 Å². The van der Waals surface area contributed by atoms with Crippen LogP contribution in [0.4, 0.5) is 105 Å². The third-order valence-corrected chi connectivity index (χ3v) is 11.3. The topological polar surface area (TPSA) is 33.8 Å². The van der Waals surface area contributed by atoms with Gasteiger partial charge in [0.2, 0.25) is 12.3 Å². The van der Waals surface area contributed by atoms with Crippen molar-refractivity contribution in [2.75, 3.05) is 0 Å². The molecule has 0 aliphatic rings. The summed E-state index contributed by atoms with van der Waals surface area (Å²) in [6.45, 7) is 2.50. The molecule has 1 heterocycles. The molecule has 0 radical (unpaired) electrons. The number of nitrogens with zero attached hydrogens (tertiary/aromatic N) is 2. The largest absolute Gasteiger partial charge is 0.416 e. The fraction of sp³-hybridized carbons (Fsp3) is 0.255. The van der Waals surface area contributed by atoms with Gasteiger partial charge in [-0.1, -0.05) is 85.8 Å². The van der Waals surface area contributed by atoms with Crippen LogP contribution >= 0.6 is 0 Å². The molecule has 0 spiro atoms. The minimum absolute atomic E-state index is 0.129. The molecule has 5 aromatic carbocycles. The summed E-state index contributed by atoms with van der Waals surface area (Å²) in [5.74, 6) is 0.129. The van der Waals surface area contributed by atoms with Gasteiger partial charge < -0.3 is 0 Å². The molecule has 0 bridgehead atoms. The maximum Gasteiger partial charge on any atom is 0.416 e. The minimum atomic E-state index is -6.13. The Morgan fingerprint density at radius 3 is 0.933 bits per heavy atom. The fourth-order valence-corrected chi connectivity index (χ4v) is 7.98. The molecule has 0 aliphatic carbocycles. The molecule has 3 nitrogen and oxygen atoms in total. The van der Waals surface area contributed by atoms with Crippen LogP contribution < -0.4 is 26.4 Å². The summed E-state index contributed by atoms with van der Waals surface area (Å²) < 4.78 is 343. The summed E-state index contributed by atoms with van der Waals surface area (Å²) in [5, 5.41) is 0. The number of rotatable bonds is 9. The third kappa shape index (κ3) is 13.9. The molecule has 28 heteroatoms. The molecule has 404 valence electrons. The predicted octanol–water partition coefficient (Wildman–Crippen LogP) is 13.4. The van der Waals surface area contributed by atoms with E-state index < -0.39 is 195 Å². The van der Waals surface area contributed by atoms with Crippen molar-refractivity contribution in [3.8, 4) is 0 Å². The van der Waals surface area contributed by atoms with Gasteiger partial charge in [-0.2, -0.15) is 132 Å². The van der Waals surface area contributed by atoms with Crippen LogP contribution in [-0.2, 0) is 62.4 Å². The first-order chi connectivity index (χ1) is 34.1. The first-order valence-corrected chi connectivity index (χ1v) is 20.8. The highest BCUT2D eigenvalue weighted by Crippen LogP contribution is 2.41. The summed E-state index contributed by atoms with van der Waals surface area (Å²) >= 11 is 0. The van der Waals surface area contributed by atoms with Gasteiger partial charge in [-0.05, 0) is 30.7 Å². The van der Waals surface area contributed by atoms with Crippen molar-refractivity contribution in [1.82, 2.24) is 4.98 Å². The van der Waals surface area contributed by atoms with E-state index in [0.717, 1.165) is 24.1 Å². The zero-order valence-corrected chi connectivity index (χ0v) is 37.1. The molecule has 0 amide bonds. The molecule has 0 fully saturated rings. The number of carbonyl (C=O) groups excluding carboxylic acids is 1. The lowest BCUT2D eigenvalue weighted by atomic mass is 9.12. The van der Waals surface area contributed by atoms with Gasteiger partial charge in [0, 0.05) is 12.0 Å². The Kier molecular flexibility index (Phi) is 16.4. The maximum atomic E-state index is 14.2. The Labute approximate surface area is 406 Å². The normalized spacial score (nSPS) is 13.3. The van der Waals surface area contributed by atoms with Crippen molar-refractivity contribution in [2.24, 2.45) is 0 Å². The average Bonchev–Trinajstić information content (AvgIpc) is 3.28. The monoisotopic (exact) mass is 1100 g/mol. The Morgan fingerprint density at radius 1 is 0.427 bits per heavy atom. The predicted molar refractivity (Wildman–Crippen MR) is 219 cm³/mol. The van der Waals surface area contributed by atoms with Crippen LogP contribution in [0, 0.1) is 0 Å². The van der Waals surface area contributed by atoms with Gasteiger partial charge in [-0.3, -0.25) is 9.78 Å². The van der Waals surface area contributed by atoms with Gasteiger partial charge in [0.1, 0.15) is 6.15 Å². The molecule has 0 atom stereocenters. The van der Waals surface area contributed by atoms with E-state index in [1.165, 1.54) is 0 Å². The van der Waals surface area contributed by atoms with E-state index in [0.29, 0.717) is 6.54 Å². The molecule has 75 heavy (non-hydrogen) atoms. The molecule has 0 saturated heterocycles. The molecule has 6 aromatic rings. The summed E-state index contributed by atoms with van der Waals surface area (Å²) in [6, 6.07) is 0.579. The number of aryl methyl sites for hydroxylation is 1. The van der Waals surface area contributed by atoms with Gasteiger partial charge in [0.25, 0.3) is 0 Å². The lowest BCUT2D eigenvalue weighted by Gasteiger charge is -2.46. The van der Waals surface area contributed by atoms with Crippen LogP contribution in [0.3, 0.4) is 0 Å². The van der Waals surface area contributed by atoms with Gasteiger partial charge in [-0.15, -0.1) is 0 Å². The number of carbonyl (C=O) groups is 1. The molecule has 0 unspecified atom stereocenters. The number of benzene rings is 5. The standard InChI is InChI=1S/C32H12BF24.C15H17N2O/c34-25(35,36)13-1-14(26(37,38)39)6-21(5-13)33(22-7-15(27(40,41)42)2-16(8-22)28(43,44)45,23-9-17(29(46,47)48)3-18(10-23)30(49,50)51)24-11-19(31(52,53)54)4-20(12-24)32(55,56)57;1-2-6-14-11-16-9-10-17(14)12-15(18)13-7-4-3-5-8-13/h1-12H;3-5,7-11H,2,6,12H2,1H3/q-1;+1. The van der Waals surface area contributed by atoms with E-state index in [1.807, 2.05) is 47.3 Å². The number of hydrogen-bond acceptors (Lipinski definition) is 2. The summed E-state index contributed by atoms with van der Waals surface area (Å²) in [4.78, 5) is 16.2. The number of halogens is 24. The smallest absolute Gasteiger partial charge is 0.287 e. The van der Waals surface area contributed by atoms with Crippen molar-refractivity contribution in [2.45, 2.75) is 75.7 Å². The van der Waals surface area contributed by atoms with Gasteiger partial charge in [-0.25, -0.2) is 0 Å². The highest BCUT2D eigenvalue weighted by Gasteiger charge is 2.47.